The van der Waals surface area contributed by atoms with Crippen LogP contribution < -0.4 is 0 Å². The van der Waals surface area contributed by atoms with Crippen LogP contribution in [0.1, 0.15) is 46.5 Å². The van der Waals surface area contributed by atoms with Gasteiger partial charge in [0.2, 0.25) is 0 Å². The Morgan fingerprint density at radius 1 is 1.00 bits per heavy atom. The highest BCUT2D eigenvalue weighted by atomic mass is 35.5. The summed E-state index contributed by atoms with van der Waals surface area (Å²) in [7, 11) is -1.50. The fourth-order valence-electron chi connectivity index (χ4n) is 1.09. The van der Waals surface area contributed by atoms with Crippen molar-refractivity contribution >= 4 is 19.9 Å². The predicted octanol–water partition coefficient (Wildman–Crippen LogP) is 4.81. The Labute approximate surface area is 102 Å². The molecule has 0 atom stereocenters. The van der Waals surface area contributed by atoms with E-state index in [1.165, 1.54) is 19.3 Å². The highest BCUT2D eigenvalue weighted by molar-refractivity contribution is 6.74. The molecule has 3 heteroatoms. The summed E-state index contributed by atoms with van der Waals surface area (Å²) in [6, 6.07) is 0. The molecule has 0 saturated carbocycles. The molecule has 0 aromatic heterocycles. The fourth-order valence-corrected chi connectivity index (χ4v) is 2.37. The minimum absolute atomic E-state index is 0.336. The van der Waals surface area contributed by atoms with Crippen molar-refractivity contribution in [3.8, 4) is 0 Å². The molecule has 1 nitrogen and oxygen atoms in total. The molecule has 0 unspecified atom stereocenters. The molecule has 0 heterocycles. The molecule has 0 fully saturated rings. The molecule has 0 amide bonds. The van der Waals surface area contributed by atoms with Gasteiger partial charge in [0.1, 0.15) is 0 Å². The van der Waals surface area contributed by atoms with Crippen LogP contribution in [0, 0.1) is 0 Å². The summed E-state index contributed by atoms with van der Waals surface area (Å²) in [5, 5.41) is 0.336. The normalized spacial score (nSPS) is 13.2. The largest absolute Gasteiger partial charge is 0.417 e. The van der Waals surface area contributed by atoms with Gasteiger partial charge in [-0.1, -0.05) is 33.6 Å². The summed E-state index contributed by atoms with van der Waals surface area (Å²) < 4.78 is 6.08. The quantitative estimate of drug-likeness (QED) is 0.358. The highest BCUT2D eigenvalue weighted by Crippen LogP contribution is 2.36. The minimum atomic E-state index is -1.50. The summed E-state index contributed by atoms with van der Waals surface area (Å²) in [4.78, 5) is 0. The molecule has 0 bridgehead atoms. The van der Waals surface area contributed by atoms with Gasteiger partial charge >= 0.3 is 0 Å². The van der Waals surface area contributed by atoms with Crippen molar-refractivity contribution in [2.45, 2.75) is 64.6 Å². The first-order valence-electron chi connectivity index (χ1n) is 6.01. The zero-order chi connectivity index (χ0) is 11.9. The van der Waals surface area contributed by atoms with Crippen LogP contribution in [0.15, 0.2) is 0 Å². The van der Waals surface area contributed by atoms with Crippen molar-refractivity contribution < 1.29 is 4.43 Å². The van der Waals surface area contributed by atoms with Gasteiger partial charge in [-0.2, -0.15) is 0 Å². The number of hydrogen-bond acceptors (Lipinski definition) is 1. The first-order chi connectivity index (χ1) is 6.81. The Kier molecular flexibility index (Phi) is 7.14. The standard InChI is InChI=1S/C12H27ClOSi/c1-12(2,3)15(4,5)14-11-9-7-6-8-10-13/h6-11H2,1-5H3. The van der Waals surface area contributed by atoms with Gasteiger partial charge in [-0.05, 0) is 31.0 Å². The maximum absolute atomic E-state index is 6.08. The van der Waals surface area contributed by atoms with E-state index >= 15 is 0 Å². The average Bonchev–Trinajstić information content (AvgIpc) is 2.09. The van der Waals surface area contributed by atoms with Gasteiger partial charge in [0.05, 0.1) is 0 Å². The lowest BCUT2D eigenvalue weighted by Gasteiger charge is -2.36. The Morgan fingerprint density at radius 2 is 1.53 bits per heavy atom. The highest BCUT2D eigenvalue weighted by Gasteiger charge is 2.36. The minimum Gasteiger partial charge on any atom is -0.417 e. The van der Waals surface area contributed by atoms with Crippen LogP contribution in [0.25, 0.3) is 0 Å². The van der Waals surface area contributed by atoms with Crippen LogP contribution in [0.2, 0.25) is 18.1 Å². The number of rotatable bonds is 7. The second kappa shape index (κ2) is 6.92. The molecule has 0 aliphatic heterocycles. The summed E-state index contributed by atoms with van der Waals surface area (Å²) in [5.41, 5.74) is 0. The van der Waals surface area contributed by atoms with Crippen LogP contribution in [0.4, 0.5) is 0 Å². The van der Waals surface area contributed by atoms with E-state index in [1.807, 2.05) is 0 Å². The first-order valence-corrected chi connectivity index (χ1v) is 9.45. The van der Waals surface area contributed by atoms with E-state index in [9.17, 15) is 0 Å². The van der Waals surface area contributed by atoms with Crippen LogP contribution in [-0.2, 0) is 4.43 Å². The topological polar surface area (TPSA) is 9.23 Å². The molecule has 0 spiro atoms. The first kappa shape index (κ1) is 15.5. The van der Waals surface area contributed by atoms with Gasteiger partial charge in [0, 0.05) is 12.5 Å². The molecular weight excluding hydrogens is 224 g/mol. The molecule has 15 heavy (non-hydrogen) atoms. The smallest absolute Gasteiger partial charge is 0.191 e. The molecule has 0 saturated heterocycles. The van der Waals surface area contributed by atoms with Gasteiger partial charge in [-0.3, -0.25) is 0 Å². The van der Waals surface area contributed by atoms with Gasteiger partial charge in [0.25, 0.3) is 0 Å². The molecule has 0 aromatic carbocycles. The molecule has 0 rings (SSSR count). The Hall–Kier alpha value is 0.467. The third kappa shape index (κ3) is 6.59. The lowest BCUT2D eigenvalue weighted by atomic mass is 10.2. The maximum atomic E-state index is 6.08. The molecule has 0 aliphatic carbocycles. The number of alkyl halides is 1. The van der Waals surface area contributed by atoms with Crippen molar-refractivity contribution in [3.63, 3.8) is 0 Å². The zero-order valence-electron chi connectivity index (χ0n) is 11.0. The van der Waals surface area contributed by atoms with E-state index in [-0.39, 0.29) is 0 Å². The Bertz CT molecular complexity index is 163. The molecule has 0 aromatic rings. The van der Waals surface area contributed by atoms with Crippen LogP contribution in [0.3, 0.4) is 0 Å². The van der Waals surface area contributed by atoms with Crippen molar-refractivity contribution in [2.75, 3.05) is 12.5 Å². The van der Waals surface area contributed by atoms with E-state index in [0.717, 1.165) is 18.9 Å². The molecule has 0 N–H and O–H groups in total. The van der Waals surface area contributed by atoms with E-state index in [2.05, 4.69) is 33.9 Å². The SMILES string of the molecule is CC(C)(C)[Si](C)(C)OCCCCCCCl. The molecule has 92 valence electrons. The molecular formula is C12H27ClOSi. The van der Waals surface area contributed by atoms with E-state index < -0.39 is 8.32 Å². The predicted molar refractivity (Wildman–Crippen MR) is 72.3 cm³/mol. The van der Waals surface area contributed by atoms with Crippen molar-refractivity contribution in [2.24, 2.45) is 0 Å². The molecule has 0 radical (unpaired) electrons. The van der Waals surface area contributed by atoms with Crippen molar-refractivity contribution in [3.05, 3.63) is 0 Å². The van der Waals surface area contributed by atoms with E-state index in [1.54, 1.807) is 0 Å². The van der Waals surface area contributed by atoms with Crippen LogP contribution in [-0.4, -0.2) is 20.8 Å². The number of unbranched alkanes of at least 4 members (excludes halogenated alkanes) is 3. The fraction of sp³-hybridized carbons (Fsp3) is 1.00. The summed E-state index contributed by atoms with van der Waals surface area (Å²) in [6.07, 6.45) is 4.82. The monoisotopic (exact) mass is 250 g/mol. The molecule has 0 aliphatic rings. The Balaban J connectivity index is 3.58. The van der Waals surface area contributed by atoms with Gasteiger partial charge in [-0.15, -0.1) is 11.6 Å². The third-order valence-electron chi connectivity index (χ3n) is 3.30. The zero-order valence-corrected chi connectivity index (χ0v) is 12.8. The number of halogens is 1. The lowest BCUT2D eigenvalue weighted by Crippen LogP contribution is -2.40. The Morgan fingerprint density at radius 3 is 2.00 bits per heavy atom. The van der Waals surface area contributed by atoms with Crippen molar-refractivity contribution in [1.29, 1.82) is 0 Å². The number of hydrogen-bond donors (Lipinski definition) is 0. The maximum Gasteiger partial charge on any atom is 0.191 e. The van der Waals surface area contributed by atoms with E-state index in [0.29, 0.717) is 5.04 Å². The summed E-state index contributed by atoms with van der Waals surface area (Å²) >= 11 is 5.62. The average molecular weight is 251 g/mol. The lowest BCUT2D eigenvalue weighted by molar-refractivity contribution is 0.278. The van der Waals surface area contributed by atoms with Gasteiger partial charge in [0.15, 0.2) is 8.32 Å². The van der Waals surface area contributed by atoms with Crippen molar-refractivity contribution in [1.82, 2.24) is 0 Å². The summed E-state index contributed by atoms with van der Waals surface area (Å²) in [6.45, 7) is 12.4. The second-order valence-corrected chi connectivity index (χ2v) is 10.9. The van der Waals surface area contributed by atoms with Crippen LogP contribution in [0.5, 0.6) is 0 Å². The van der Waals surface area contributed by atoms with Crippen LogP contribution >= 0.6 is 11.6 Å². The van der Waals surface area contributed by atoms with Gasteiger partial charge in [-0.25, -0.2) is 0 Å². The third-order valence-corrected chi connectivity index (χ3v) is 8.10. The van der Waals surface area contributed by atoms with E-state index in [4.69, 9.17) is 16.0 Å². The summed E-state index contributed by atoms with van der Waals surface area (Å²) in [5.74, 6) is 0.795. The van der Waals surface area contributed by atoms with Gasteiger partial charge < -0.3 is 4.43 Å². The second-order valence-electron chi connectivity index (χ2n) is 5.71.